The van der Waals surface area contributed by atoms with Crippen molar-refractivity contribution in [3.63, 3.8) is 0 Å². The van der Waals surface area contributed by atoms with Crippen LogP contribution in [0, 0.1) is 19.8 Å². The molecule has 1 fully saturated rings. The molecule has 1 saturated carbocycles. The highest BCUT2D eigenvalue weighted by Gasteiger charge is 2.26. The van der Waals surface area contributed by atoms with Gasteiger partial charge in [0.25, 0.3) is 0 Å². The van der Waals surface area contributed by atoms with Gasteiger partial charge in [0, 0.05) is 19.6 Å². The number of methoxy groups -OCH3 is 1. The third kappa shape index (κ3) is 3.83. The average molecular weight is 294 g/mol. The van der Waals surface area contributed by atoms with E-state index in [1.807, 2.05) is 18.5 Å². The van der Waals surface area contributed by atoms with Gasteiger partial charge in [-0.1, -0.05) is 6.42 Å². The molecule has 118 valence electrons. The minimum absolute atomic E-state index is 0.0369. The number of nitrogens with zero attached hydrogens (tertiary/aromatic N) is 2. The van der Waals surface area contributed by atoms with Gasteiger partial charge in [-0.2, -0.15) is 5.10 Å². The Morgan fingerprint density at radius 1 is 1.48 bits per heavy atom. The summed E-state index contributed by atoms with van der Waals surface area (Å²) in [4.78, 5) is 12.2. The highest BCUT2D eigenvalue weighted by Crippen LogP contribution is 2.28. The van der Waals surface area contributed by atoms with Crippen molar-refractivity contribution in [2.75, 3.05) is 19.0 Å². The maximum atomic E-state index is 12.2. The Balaban J connectivity index is 1.98. The Morgan fingerprint density at radius 3 is 2.86 bits per heavy atom. The summed E-state index contributed by atoms with van der Waals surface area (Å²) in [5.74, 6) is 0.351. The zero-order chi connectivity index (χ0) is 15.4. The fraction of sp³-hybridized carbons (Fsp3) is 0.733. The summed E-state index contributed by atoms with van der Waals surface area (Å²) in [6, 6.07) is 0.169. The molecule has 0 radical (unpaired) electrons. The van der Waals surface area contributed by atoms with E-state index in [1.165, 1.54) is 0 Å². The number of anilines is 1. The van der Waals surface area contributed by atoms with Crippen LogP contribution in [0.1, 0.15) is 37.1 Å². The molecule has 1 amide bonds. The lowest BCUT2D eigenvalue weighted by Crippen LogP contribution is -2.28. The van der Waals surface area contributed by atoms with Crippen molar-refractivity contribution in [3.05, 3.63) is 11.4 Å². The van der Waals surface area contributed by atoms with Crippen molar-refractivity contribution < 1.29 is 9.53 Å². The second kappa shape index (κ2) is 7.04. The van der Waals surface area contributed by atoms with Crippen LogP contribution < -0.4 is 11.1 Å². The van der Waals surface area contributed by atoms with Gasteiger partial charge in [0.1, 0.15) is 0 Å². The van der Waals surface area contributed by atoms with Crippen LogP contribution in [-0.4, -0.2) is 35.4 Å². The van der Waals surface area contributed by atoms with E-state index in [9.17, 15) is 4.79 Å². The van der Waals surface area contributed by atoms with Crippen LogP contribution in [0.15, 0.2) is 0 Å². The van der Waals surface area contributed by atoms with E-state index >= 15 is 0 Å². The molecular formula is C15H26N4O2. The van der Waals surface area contributed by atoms with Gasteiger partial charge in [-0.3, -0.25) is 9.48 Å². The average Bonchev–Trinajstić information content (AvgIpc) is 2.95. The molecule has 3 N–H and O–H groups in total. The van der Waals surface area contributed by atoms with Crippen LogP contribution in [-0.2, 0) is 16.1 Å². The lowest BCUT2D eigenvalue weighted by atomic mass is 10.00. The number of hydrogen-bond donors (Lipinski definition) is 2. The summed E-state index contributed by atoms with van der Waals surface area (Å²) < 4.78 is 6.94. The molecule has 6 nitrogen and oxygen atoms in total. The van der Waals surface area contributed by atoms with E-state index < -0.39 is 0 Å². The maximum Gasteiger partial charge on any atom is 0.224 e. The molecule has 0 bridgehead atoms. The van der Waals surface area contributed by atoms with Crippen molar-refractivity contribution in [2.24, 2.45) is 11.7 Å². The van der Waals surface area contributed by atoms with Gasteiger partial charge in [0.05, 0.1) is 30.2 Å². The molecule has 1 aliphatic carbocycles. The third-order valence-electron chi connectivity index (χ3n) is 4.32. The fourth-order valence-corrected chi connectivity index (χ4v) is 3.02. The van der Waals surface area contributed by atoms with Gasteiger partial charge in [-0.25, -0.2) is 0 Å². The Labute approximate surface area is 126 Å². The van der Waals surface area contributed by atoms with Crippen LogP contribution >= 0.6 is 0 Å². The van der Waals surface area contributed by atoms with Crippen LogP contribution in [0.2, 0.25) is 0 Å². The Kier molecular flexibility index (Phi) is 5.36. The molecule has 0 saturated heterocycles. The molecule has 0 spiro atoms. The minimum atomic E-state index is 0.0369. The number of aromatic nitrogens is 2. The number of amides is 1. The number of hydrogen-bond acceptors (Lipinski definition) is 4. The first-order valence-electron chi connectivity index (χ1n) is 7.61. The van der Waals surface area contributed by atoms with E-state index in [0.29, 0.717) is 25.5 Å². The lowest BCUT2D eigenvalue weighted by Gasteiger charge is -2.15. The van der Waals surface area contributed by atoms with Gasteiger partial charge in [0.2, 0.25) is 5.91 Å². The standard InChI is InChI=1S/C15H26N4O2/c1-10-15(11(2)19(18-10)7-8-21-3)17-14(20)9-12-5-4-6-13(12)16/h12-13H,4-9,16H2,1-3H3,(H,17,20)/t12-,13+/m0/s1. The number of aryl methyl sites for hydroxylation is 1. The summed E-state index contributed by atoms with van der Waals surface area (Å²) in [6.45, 7) is 5.17. The predicted octanol–water partition coefficient (Wildman–Crippen LogP) is 1.60. The first-order valence-corrected chi connectivity index (χ1v) is 7.61. The summed E-state index contributed by atoms with van der Waals surface area (Å²) in [5, 5.41) is 7.45. The normalized spacial score (nSPS) is 21.7. The molecule has 1 heterocycles. The molecule has 6 heteroatoms. The van der Waals surface area contributed by atoms with Crippen LogP contribution in [0.5, 0.6) is 0 Å². The van der Waals surface area contributed by atoms with E-state index in [0.717, 1.165) is 36.3 Å². The molecule has 21 heavy (non-hydrogen) atoms. The molecular weight excluding hydrogens is 268 g/mol. The first-order chi connectivity index (χ1) is 10.0. The Morgan fingerprint density at radius 2 is 2.24 bits per heavy atom. The predicted molar refractivity (Wildman–Crippen MR) is 82.1 cm³/mol. The zero-order valence-electron chi connectivity index (χ0n) is 13.2. The highest BCUT2D eigenvalue weighted by atomic mass is 16.5. The molecule has 2 atom stereocenters. The monoisotopic (exact) mass is 294 g/mol. The van der Waals surface area contributed by atoms with Gasteiger partial charge in [-0.15, -0.1) is 0 Å². The number of carbonyl (C=O) groups excluding carboxylic acids is 1. The van der Waals surface area contributed by atoms with Gasteiger partial charge >= 0.3 is 0 Å². The zero-order valence-corrected chi connectivity index (χ0v) is 13.2. The maximum absolute atomic E-state index is 12.2. The van der Waals surface area contributed by atoms with E-state index in [2.05, 4.69) is 10.4 Å². The van der Waals surface area contributed by atoms with Crippen molar-refractivity contribution in [1.82, 2.24) is 9.78 Å². The first kappa shape index (κ1) is 16.0. The van der Waals surface area contributed by atoms with Crippen molar-refractivity contribution in [2.45, 2.75) is 52.1 Å². The van der Waals surface area contributed by atoms with Gasteiger partial charge in [0.15, 0.2) is 0 Å². The largest absolute Gasteiger partial charge is 0.383 e. The summed E-state index contributed by atoms with van der Waals surface area (Å²) in [6.07, 6.45) is 3.72. The molecule has 0 aromatic carbocycles. The number of rotatable bonds is 6. The minimum Gasteiger partial charge on any atom is -0.383 e. The van der Waals surface area contributed by atoms with E-state index in [-0.39, 0.29) is 11.9 Å². The van der Waals surface area contributed by atoms with Gasteiger partial charge < -0.3 is 15.8 Å². The Hall–Kier alpha value is -1.40. The molecule has 1 aliphatic rings. The summed E-state index contributed by atoms with van der Waals surface area (Å²) in [5.41, 5.74) is 8.66. The van der Waals surface area contributed by atoms with Crippen LogP contribution in [0.3, 0.4) is 0 Å². The molecule has 1 aromatic rings. The second-order valence-corrected chi connectivity index (χ2v) is 5.87. The number of nitrogens with two attached hydrogens (primary N) is 1. The summed E-state index contributed by atoms with van der Waals surface area (Å²) >= 11 is 0. The number of nitrogens with one attached hydrogen (secondary N) is 1. The second-order valence-electron chi connectivity index (χ2n) is 5.87. The van der Waals surface area contributed by atoms with Crippen LogP contribution in [0.4, 0.5) is 5.69 Å². The quantitative estimate of drug-likeness (QED) is 0.835. The van der Waals surface area contributed by atoms with Crippen molar-refractivity contribution in [3.8, 4) is 0 Å². The number of carbonyl (C=O) groups is 1. The third-order valence-corrected chi connectivity index (χ3v) is 4.32. The highest BCUT2D eigenvalue weighted by molar-refractivity contribution is 5.92. The molecule has 2 rings (SSSR count). The van der Waals surface area contributed by atoms with E-state index in [4.69, 9.17) is 10.5 Å². The number of ether oxygens (including phenoxy) is 1. The van der Waals surface area contributed by atoms with Crippen molar-refractivity contribution in [1.29, 1.82) is 0 Å². The molecule has 0 unspecified atom stereocenters. The topological polar surface area (TPSA) is 82.2 Å². The van der Waals surface area contributed by atoms with Crippen molar-refractivity contribution >= 4 is 11.6 Å². The Bertz CT molecular complexity index is 498. The SMILES string of the molecule is COCCn1nc(C)c(NC(=O)C[C@@H]2CCC[C@H]2N)c1C. The lowest BCUT2D eigenvalue weighted by molar-refractivity contribution is -0.117. The summed E-state index contributed by atoms with van der Waals surface area (Å²) in [7, 11) is 1.67. The molecule has 1 aromatic heterocycles. The smallest absolute Gasteiger partial charge is 0.224 e. The fourth-order valence-electron chi connectivity index (χ4n) is 3.02. The molecule has 0 aliphatic heterocycles. The van der Waals surface area contributed by atoms with Gasteiger partial charge in [-0.05, 0) is 32.6 Å². The van der Waals surface area contributed by atoms with Crippen LogP contribution in [0.25, 0.3) is 0 Å². The van der Waals surface area contributed by atoms with E-state index in [1.54, 1.807) is 7.11 Å².